The van der Waals surface area contributed by atoms with E-state index in [-0.39, 0.29) is 42.7 Å². The average molecular weight is 668 g/mol. The fourth-order valence-electron chi connectivity index (χ4n) is 5.58. The maximum absolute atomic E-state index is 12.6. The van der Waals surface area contributed by atoms with Gasteiger partial charge < -0.3 is 28.6 Å². The molecule has 0 aromatic carbocycles. The lowest BCUT2D eigenvalue weighted by molar-refractivity contribution is -0.889. The first-order chi connectivity index (χ1) is 22.6. The number of ether oxygens (including phenoxy) is 3. The number of carboxylic acid groups (broad SMARTS) is 1. The van der Waals surface area contributed by atoms with Crippen molar-refractivity contribution in [2.75, 3.05) is 41.0 Å². The van der Waals surface area contributed by atoms with E-state index in [1.165, 1.54) is 77.0 Å². The molecule has 0 saturated carbocycles. The zero-order valence-corrected chi connectivity index (χ0v) is 31.2. The maximum atomic E-state index is 12.6. The molecule has 0 rings (SSSR count). The van der Waals surface area contributed by atoms with Crippen LogP contribution in [0.1, 0.15) is 168 Å². The Bertz CT molecular complexity index is 793. The van der Waals surface area contributed by atoms with Gasteiger partial charge in [0.1, 0.15) is 12.6 Å². The highest BCUT2D eigenvalue weighted by molar-refractivity contribution is 5.70. The normalized spacial score (nSPS) is 13.1. The molecule has 47 heavy (non-hydrogen) atoms. The summed E-state index contributed by atoms with van der Waals surface area (Å²) in [7, 11) is 5.39. The summed E-state index contributed by atoms with van der Waals surface area (Å²) in [5.41, 5.74) is 0. The van der Waals surface area contributed by atoms with Crippen LogP contribution in [0, 0.1) is 0 Å². The maximum Gasteiger partial charge on any atom is 0.306 e. The molecule has 0 aromatic heterocycles. The van der Waals surface area contributed by atoms with Crippen molar-refractivity contribution in [3.63, 3.8) is 0 Å². The first kappa shape index (κ1) is 45.1. The van der Waals surface area contributed by atoms with Crippen LogP contribution in [-0.4, -0.2) is 75.5 Å². The van der Waals surface area contributed by atoms with Crippen LogP contribution in [0.5, 0.6) is 0 Å². The second-order valence-electron chi connectivity index (χ2n) is 14.2. The second kappa shape index (κ2) is 31.3. The van der Waals surface area contributed by atoms with Gasteiger partial charge in [-0.05, 0) is 32.1 Å². The highest BCUT2D eigenvalue weighted by Gasteiger charge is 2.25. The van der Waals surface area contributed by atoms with E-state index in [4.69, 9.17) is 14.2 Å². The van der Waals surface area contributed by atoms with Gasteiger partial charge in [-0.15, -0.1) is 0 Å². The Labute approximate surface area is 289 Å². The molecule has 276 valence electrons. The number of carbonyl (C=O) groups excluding carboxylic acids is 3. The molecule has 2 atom stereocenters. The molecule has 0 aliphatic rings. The minimum Gasteiger partial charge on any atom is -0.544 e. The van der Waals surface area contributed by atoms with Crippen molar-refractivity contribution in [1.29, 1.82) is 0 Å². The predicted molar refractivity (Wildman–Crippen MR) is 190 cm³/mol. The molecule has 0 amide bonds. The summed E-state index contributed by atoms with van der Waals surface area (Å²) in [6.07, 6.45) is 29.5. The molecule has 0 fully saturated rings. The van der Waals surface area contributed by atoms with E-state index >= 15 is 0 Å². The van der Waals surface area contributed by atoms with Crippen LogP contribution in [0.2, 0.25) is 0 Å². The number of aliphatic carboxylic acids is 1. The summed E-state index contributed by atoms with van der Waals surface area (Å²) < 4.78 is 17.1. The molecule has 0 N–H and O–H groups in total. The summed E-state index contributed by atoms with van der Waals surface area (Å²) in [5.74, 6) is -1.75. The van der Waals surface area contributed by atoms with Gasteiger partial charge in [0.25, 0.3) is 0 Å². The molecular weight excluding hydrogens is 594 g/mol. The number of unbranched alkanes of at least 4 members (excludes halogenated alkanes) is 18. The number of carbonyl (C=O) groups is 3. The Morgan fingerprint density at radius 1 is 0.617 bits per heavy atom. The molecule has 2 unspecified atom stereocenters. The van der Waals surface area contributed by atoms with Gasteiger partial charge in [0.2, 0.25) is 0 Å². The molecule has 8 heteroatoms. The number of esters is 2. The number of carboxylic acids is 1. The number of quaternary nitrogens is 1. The molecule has 0 aliphatic carbocycles. The molecule has 8 nitrogen and oxygen atoms in total. The van der Waals surface area contributed by atoms with E-state index in [9.17, 15) is 19.5 Å². The second-order valence-corrected chi connectivity index (χ2v) is 14.2. The third kappa shape index (κ3) is 29.9. The Morgan fingerprint density at radius 2 is 1.09 bits per heavy atom. The number of nitrogens with zero attached hydrogens (tertiary/aromatic N) is 1. The molecule has 0 bridgehead atoms. The van der Waals surface area contributed by atoms with Gasteiger partial charge in [0.15, 0.2) is 6.10 Å². The predicted octanol–water partition coefficient (Wildman–Crippen LogP) is 8.24. The summed E-state index contributed by atoms with van der Waals surface area (Å²) in [4.78, 5) is 36.6. The van der Waals surface area contributed by atoms with Gasteiger partial charge in [0.05, 0.1) is 40.3 Å². The molecule has 0 heterocycles. The fourth-order valence-corrected chi connectivity index (χ4v) is 5.58. The number of hydrogen-bond acceptors (Lipinski definition) is 7. The van der Waals surface area contributed by atoms with Gasteiger partial charge in [-0.1, -0.05) is 129 Å². The fraction of sp³-hybridized carbons (Fsp3) is 0.872. The van der Waals surface area contributed by atoms with Crippen LogP contribution in [0.15, 0.2) is 12.2 Å². The molecular formula is C39H73NO7. The van der Waals surface area contributed by atoms with Gasteiger partial charge in [-0.25, -0.2) is 0 Å². The van der Waals surface area contributed by atoms with Crippen molar-refractivity contribution >= 4 is 17.9 Å². The summed E-state index contributed by atoms with van der Waals surface area (Å²) in [6, 6.07) is -0.721. The van der Waals surface area contributed by atoms with Crippen LogP contribution in [-0.2, 0) is 28.6 Å². The standard InChI is InChI=1S/C39H73NO7/c1-6-8-10-12-14-16-18-19-20-22-23-25-27-29-37(41)46-34-35(33-45-32-31-36(39(43)44)40(3,4)5)47-38(42)30-28-26-24-21-17-15-13-11-9-7-2/h13,15,35-36H,6-12,14,16-34H2,1-5H3/b15-13+. The van der Waals surface area contributed by atoms with Crippen molar-refractivity contribution in [3.05, 3.63) is 12.2 Å². The van der Waals surface area contributed by atoms with Gasteiger partial charge in [-0.3, -0.25) is 9.59 Å². The lowest BCUT2D eigenvalue weighted by Gasteiger charge is -2.34. The van der Waals surface area contributed by atoms with Crippen molar-refractivity contribution < 1.29 is 38.2 Å². The SMILES string of the molecule is CCCC/C=C/CCCCCCC(=O)OC(COCCC(C(=O)[O-])[N+](C)(C)C)COC(=O)CCCCCCCCCCCCCCC. The Kier molecular flexibility index (Phi) is 30.1. The van der Waals surface area contributed by atoms with E-state index in [0.717, 1.165) is 57.8 Å². The van der Waals surface area contributed by atoms with Crippen molar-refractivity contribution in [3.8, 4) is 0 Å². The van der Waals surface area contributed by atoms with E-state index in [1.54, 1.807) is 21.1 Å². The molecule has 0 saturated heterocycles. The first-order valence-electron chi connectivity index (χ1n) is 19.2. The van der Waals surface area contributed by atoms with Gasteiger partial charge in [-0.2, -0.15) is 0 Å². The van der Waals surface area contributed by atoms with Crippen molar-refractivity contribution in [1.82, 2.24) is 0 Å². The zero-order valence-electron chi connectivity index (χ0n) is 31.2. The van der Waals surface area contributed by atoms with Crippen LogP contribution in [0.3, 0.4) is 0 Å². The largest absolute Gasteiger partial charge is 0.544 e. The van der Waals surface area contributed by atoms with E-state index in [1.807, 2.05) is 0 Å². The van der Waals surface area contributed by atoms with Crippen LogP contribution < -0.4 is 5.11 Å². The quantitative estimate of drug-likeness (QED) is 0.0295. The number of hydrogen-bond donors (Lipinski definition) is 0. The molecule has 0 radical (unpaired) electrons. The summed E-state index contributed by atoms with van der Waals surface area (Å²) >= 11 is 0. The lowest BCUT2D eigenvalue weighted by atomic mass is 10.0. The monoisotopic (exact) mass is 668 g/mol. The third-order valence-electron chi connectivity index (χ3n) is 8.65. The zero-order chi connectivity index (χ0) is 35.0. The van der Waals surface area contributed by atoms with Crippen LogP contribution >= 0.6 is 0 Å². The van der Waals surface area contributed by atoms with E-state index in [2.05, 4.69) is 26.0 Å². The average Bonchev–Trinajstić information content (AvgIpc) is 3.01. The van der Waals surface area contributed by atoms with E-state index < -0.39 is 18.1 Å². The van der Waals surface area contributed by atoms with Crippen molar-refractivity contribution in [2.24, 2.45) is 0 Å². The minimum absolute atomic E-state index is 0.0407. The highest BCUT2D eigenvalue weighted by Crippen LogP contribution is 2.14. The molecule has 0 aromatic rings. The molecule has 0 spiro atoms. The summed E-state index contributed by atoms with van der Waals surface area (Å²) in [6.45, 7) is 4.60. The minimum atomic E-state index is -1.13. The number of likely N-dealkylation sites (N-methyl/N-ethyl adjacent to an activating group) is 1. The van der Waals surface area contributed by atoms with E-state index in [0.29, 0.717) is 12.8 Å². The first-order valence-corrected chi connectivity index (χ1v) is 19.2. The van der Waals surface area contributed by atoms with Crippen LogP contribution in [0.25, 0.3) is 0 Å². The number of allylic oxidation sites excluding steroid dienone is 2. The topological polar surface area (TPSA) is 102 Å². The van der Waals surface area contributed by atoms with Crippen LogP contribution in [0.4, 0.5) is 0 Å². The lowest BCUT2D eigenvalue weighted by Crippen LogP contribution is -2.55. The molecule has 0 aliphatic heterocycles. The number of rotatable bonds is 34. The van der Waals surface area contributed by atoms with Crippen molar-refractivity contribution in [2.45, 2.75) is 180 Å². The summed E-state index contributed by atoms with van der Waals surface area (Å²) in [5, 5.41) is 11.6. The Morgan fingerprint density at radius 3 is 1.60 bits per heavy atom. The van der Waals surface area contributed by atoms with Gasteiger partial charge >= 0.3 is 11.9 Å². The highest BCUT2D eigenvalue weighted by atomic mass is 16.6. The third-order valence-corrected chi connectivity index (χ3v) is 8.65. The smallest absolute Gasteiger partial charge is 0.306 e. The Hall–Kier alpha value is -1.93. The Balaban J connectivity index is 4.40. The van der Waals surface area contributed by atoms with Gasteiger partial charge in [0, 0.05) is 19.3 Å².